The number of nitrogens with zero attached hydrogens (tertiary/aromatic N) is 5. The Morgan fingerprint density at radius 1 is 0.435 bits per heavy atom. The first-order valence-corrected chi connectivity index (χ1v) is 21.3. The van der Waals surface area contributed by atoms with E-state index in [-0.39, 0.29) is 6.17 Å². The molecule has 0 spiro atoms. The summed E-state index contributed by atoms with van der Waals surface area (Å²) in [6.07, 6.45) is -0.313. The fraction of sp³-hybridized carbons (Fsp3) is 0.0185. The van der Waals surface area contributed by atoms with Crippen LogP contribution < -0.4 is 5.32 Å². The third-order valence-electron chi connectivity index (χ3n) is 11.4. The summed E-state index contributed by atoms with van der Waals surface area (Å²) < 4.78 is 8.89. The van der Waals surface area contributed by atoms with E-state index in [9.17, 15) is 0 Å². The number of fused-ring (bicyclic) bond motifs is 6. The summed E-state index contributed by atoms with van der Waals surface area (Å²) >= 11 is 1.78. The number of amidine groups is 2. The van der Waals surface area contributed by atoms with Crippen molar-refractivity contribution in [3.63, 3.8) is 0 Å². The van der Waals surface area contributed by atoms with E-state index in [4.69, 9.17) is 29.4 Å². The van der Waals surface area contributed by atoms with Gasteiger partial charge in [-0.1, -0.05) is 158 Å². The summed E-state index contributed by atoms with van der Waals surface area (Å²) in [5, 5.41) is 7.85. The van der Waals surface area contributed by atoms with Gasteiger partial charge < -0.3 is 9.73 Å². The molecule has 0 fully saturated rings. The Bertz CT molecular complexity index is 3490. The van der Waals surface area contributed by atoms with Crippen molar-refractivity contribution in [2.45, 2.75) is 6.17 Å². The normalized spacial score (nSPS) is 14.0. The highest BCUT2D eigenvalue weighted by atomic mass is 32.1. The van der Waals surface area contributed by atoms with Crippen LogP contribution in [0.4, 0.5) is 0 Å². The van der Waals surface area contributed by atoms with E-state index in [0.717, 1.165) is 83.1 Å². The highest BCUT2D eigenvalue weighted by Crippen LogP contribution is 2.42. The second kappa shape index (κ2) is 14.9. The van der Waals surface area contributed by atoms with Crippen molar-refractivity contribution < 1.29 is 4.42 Å². The van der Waals surface area contributed by atoms with Gasteiger partial charge in [0.05, 0.1) is 0 Å². The standard InChI is InChI=1S/C54H34N6OS/c1-5-15-33(16-6-1)49-55-50(34-17-7-2-8-18-34)58-53(57-49)39-23-13-25-44-47(39)41-31-37(27-29-43(41)61-44)38-28-30-45-42(32-38)48-40(24-14-26-46(48)62-45)54-59-51(35-19-9-3-10-20-35)56-52(60-54)36-21-11-4-12-22-36/h1-32,49H,(H,55,57,58). The summed E-state index contributed by atoms with van der Waals surface area (Å²) in [6, 6.07) is 66.5. The molecule has 8 heteroatoms. The number of thiophene rings is 1. The van der Waals surface area contributed by atoms with E-state index in [1.54, 1.807) is 11.3 Å². The van der Waals surface area contributed by atoms with Gasteiger partial charge in [-0.3, -0.25) is 0 Å². The van der Waals surface area contributed by atoms with Crippen LogP contribution in [0.15, 0.2) is 209 Å². The molecule has 1 atom stereocenters. The summed E-state index contributed by atoms with van der Waals surface area (Å²) in [4.78, 5) is 25.5. The number of hydrogen-bond donors (Lipinski definition) is 1. The fourth-order valence-electron chi connectivity index (χ4n) is 8.43. The second-order valence-corrected chi connectivity index (χ2v) is 16.3. The average molecular weight is 815 g/mol. The van der Waals surface area contributed by atoms with E-state index in [0.29, 0.717) is 23.3 Å². The van der Waals surface area contributed by atoms with Gasteiger partial charge in [-0.2, -0.15) is 0 Å². The molecule has 7 nitrogen and oxygen atoms in total. The van der Waals surface area contributed by atoms with Crippen molar-refractivity contribution in [1.29, 1.82) is 0 Å². The number of nitrogens with one attached hydrogen (secondary N) is 1. The summed E-state index contributed by atoms with van der Waals surface area (Å²) in [5.41, 5.74) is 9.59. The largest absolute Gasteiger partial charge is 0.456 e. The maximum absolute atomic E-state index is 6.52. The van der Waals surface area contributed by atoms with E-state index >= 15 is 0 Å². The van der Waals surface area contributed by atoms with E-state index in [1.807, 2.05) is 109 Å². The van der Waals surface area contributed by atoms with Crippen molar-refractivity contribution in [1.82, 2.24) is 20.3 Å². The molecule has 62 heavy (non-hydrogen) atoms. The van der Waals surface area contributed by atoms with Gasteiger partial charge in [-0.25, -0.2) is 24.9 Å². The van der Waals surface area contributed by atoms with Crippen molar-refractivity contribution in [2.24, 2.45) is 9.98 Å². The summed E-state index contributed by atoms with van der Waals surface area (Å²) in [6.45, 7) is 0. The van der Waals surface area contributed by atoms with Crippen LogP contribution in [-0.4, -0.2) is 26.6 Å². The van der Waals surface area contributed by atoms with Crippen molar-refractivity contribution in [3.05, 3.63) is 211 Å². The third kappa shape index (κ3) is 6.33. The zero-order valence-electron chi connectivity index (χ0n) is 33.1. The maximum atomic E-state index is 6.52. The molecule has 3 aromatic heterocycles. The van der Waals surface area contributed by atoms with Crippen LogP contribution in [0.3, 0.4) is 0 Å². The monoisotopic (exact) mass is 814 g/mol. The van der Waals surface area contributed by atoms with Crippen LogP contribution in [0, 0.1) is 0 Å². The molecule has 0 radical (unpaired) electrons. The molecule has 0 bridgehead atoms. The molecule has 1 aliphatic heterocycles. The van der Waals surface area contributed by atoms with Crippen LogP contribution in [0.25, 0.3) is 87.4 Å². The number of benzene rings is 8. The Hall–Kier alpha value is -8.07. The predicted octanol–water partition coefficient (Wildman–Crippen LogP) is 13.3. The average Bonchev–Trinajstić information content (AvgIpc) is 3.93. The minimum atomic E-state index is -0.313. The summed E-state index contributed by atoms with van der Waals surface area (Å²) in [7, 11) is 0. The van der Waals surface area contributed by atoms with Gasteiger partial charge >= 0.3 is 0 Å². The molecule has 1 N–H and O–H groups in total. The second-order valence-electron chi connectivity index (χ2n) is 15.3. The minimum absolute atomic E-state index is 0.313. The van der Waals surface area contributed by atoms with Gasteiger partial charge in [0, 0.05) is 58.8 Å². The molecule has 8 aromatic carbocycles. The van der Waals surface area contributed by atoms with Crippen molar-refractivity contribution in [3.8, 4) is 45.3 Å². The Labute approximate surface area is 360 Å². The molecular formula is C54H34N6OS. The first-order chi connectivity index (χ1) is 30.7. The number of furan rings is 1. The van der Waals surface area contributed by atoms with Crippen LogP contribution >= 0.6 is 11.3 Å². The lowest BCUT2D eigenvalue weighted by molar-refractivity contribution is 0.668. The molecule has 4 heterocycles. The van der Waals surface area contributed by atoms with Gasteiger partial charge in [0.15, 0.2) is 23.3 Å². The van der Waals surface area contributed by atoms with Gasteiger partial charge in [0.2, 0.25) is 0 Å². The maximum Gasteiger partial charge on any atom is 0.164 e. The molecule has 11 aromatic rings. The molecule has 12 rings (SSSR count). The highest BCUT2D eigenvalue weighted by Gasteiger charge is 2.24. The van der Waals surface area contributed by atoms with Crippen LogP contribution in [0.1, 0.15) is 22.9 Å². The SMILES string of the molecule is c1ccc(C2=NC(c3cccc4oc5ccc(-c6ccc7sc8cccc(-c9nc(-c%10ccccc%10)nc(-c%10ccccc%10)n9)c8c7c6)cc5c34)=NC(c3ccccc3)N2)cc1. The lowest BCUT2D eigenvalue weighted by atomic mass is 9.98. The molecule has 0 aliphatic carbocycles. The number of aromatic nitrogens is 3. The highest BCUT2D eigenvalue weighted by molar-refractivity contribution is 7.26. The lowest BCUT2D eigenvalue weighted by Crippen LogP contribution is -2.33. The van der Waals surface area contributed by atoms with Crippen LogP contribution in [0.5, 0.6) is 0 Å². The molecule has 1 aliphatic rings. The number of hydrogen-bond acceptors (Lipinski definition) is 8. The van der Waals surface area contributed by atoms with Gasteiger partial charge in [-0.05, 0) is 53.1 Å². The van der Waals surface area contributed by atoms with Gasteiger partial charge in [0.25, 0.3) is 0 Å². The van der Waals surface area contributed by atoms with E-state index < -0.39 is 0 Å². The zero-order valence-corrected chi connectivity index (χ0v) is 33.9. The minimum Gasteiger partial charge on any atom is -0.456 e. The fourth-order valence-corrected chi connectivity index (χ4v) is 9.54. The first kappa shape index (κ1) is 35.8. The Balaban J connectivity index is 1.00. The number of rotatable bonds is 7. The van der Waals surface area contributed by atoms with Gasteiger partial charge in [-0.15, -0.1) is 11.3 Å². The van der Waals surface area contributed by atoms with Crippen molar-refractivity contribution >= 4 is 65.1 Å². The molecule has 0 saturated carbocycles. The zero-order chi connectivity index (χ0) is 41.0. The Morgan fingerprint density at radius 3 is 1.74 bits per heavy atom. The quantitative estimate of drug-likeness (QED) is 0.173. The molecule has 292 valence electrons. The topological polar surface area (TPSA) is 88.6 Å². The Kier molecular flexibility index (Phi) is 8.60. The third-order valence-corrected chi connectivity index (χ3v) is 12.5. The molecule has 0 saturated heterocycles. The van der Waals surface area contributed by atoms with Crippen LogP contribution in [0.2, 0.25) is 0 Å². The Morgan fingerprint density at radius 2 is 1.03 bits per heavy atom. The molecule has 1 unspecified atom stereocenters. The summed E-state index contributed by atoms with van der Waals surface area (Å²) in [5.74, 6) is 3.34. The van der Waals surface area contributed by atoms with E-state index in [2.05, 4.69) is 90.2 Å². The lowest BCUT2D eigenvalue weighted by Gasteiger charge is -2.23. The smallest absolute Gasteiger partial charge is 0.164 e. The first-order valence-electron chi connectivity index (χ1n) is 20.5. The van der Waals surface area contributed by atoms with Crippen LogP contribution in [-0.2, 0) is 0 Å². The molecular weight excluding hydrogens is 781 g/mol. The van der Waals surface area contributed by atoms with Crippen molar-refractivity contribution in [2.75, 3.05) is 0 Å². The molecule has 0 amide bonds. The number of aliphatic imine (C=N–C) groups is 2. The van der Waals surface area contributed by atoms with Gasteiger partial charge in [0.1, 0.15) is 23.2 Å². The van der Waals surface area contributed by atoms with E-state index in [1.165, 1.54) is 9.40 Å². The predicted molar refractivity (Wildman–Crippen MR) is 254 cm³/mol.